The summed E-state index contributed by atoms with van der Waals surface area (Å²) >= 11 is 0. The largest absolute Gasteiger partial charge is 0.385 e. The topological polar surface area (TPSA) is 95.8 Å². The third kappa shape index (κ3) is 6.08. The van der Waals surface area contributed by atoms with Gasteiger partial charge in [0.2, 0.25) is 5.96 Å². The lowest BCUT2D eigenvalue weighted by atomic mass is 9.96. The van der Waals surface area contributed by atoms with Crippen LogP contribution in [0.2, 0.25) is 0 Å². The highest BCUT2D eigenvalue weighted by Gasteiger charge is 2.32. The summed E-state index contributed by atoms with van der Waals surface area (Å²) in [5.41, 5.74) is 14.4. The van der Waals surface area contributed by atoms with Crippen LogP contribution >= 0.6 is 0 Å². The van der Waals surface area contributed by atoms with Crippen LogP contribution in [0.1, 0.15) is 56.6 Å². The van der Waals surface area contributed by atoms with Crippen LogP contribution in [-0.2, 0) is 12.1 Å². The molecule has 0 radical (unpaired) electrons. The molecule has 182 valence electrons. The molecule has 7 nitrogen and oxygen atoms in total. The number of anilines is 1. The number of benzene rings is 1. The van der Waals surface area contributed by atoms with Crippen LogP contribution in [0.4, 0.5) is 5.82 Å². The third-order valence-corrected chi connectivity index (χ3v) is 6.71. The number of aliphatic imine (C=N–C) groups is 1. The van der Waals surface area contributed by atoms with Gasteiger partial charge in [0, 0.05) is 38.5 Å². The number of hydrogen-bond acceptors (Lipinski definition) is 7. The number of nitrogens with one attached hydrogen (secondary N) is 1. The molecule has 2 aliphatic heterocycles. The number of rotatable bonds is 9. The number of hydrogen-bond donors (Lipinski definition) is 3. The smallest absolute Gasteiger partial charge is 0.202 e. The zero-order valence-electron chi connectivity index (χ0n) is 20.4. The molecule has 1 aromatic carbocycles. The number of aryl methyl sites for hydroxylation is 1. The van der Waals surface area contributed by atoms with Gasteiger partial charge in [0.05, 0.1) is 0 Å². The van der Waals surface area contributed by atoms with Crippen molar-refractivity contribution in [1.29, 1.82) is 0 Å². The predicted molar refractivity (Wildman–Crippen MR) is 140 cm³/mol. The molecule has 1 aromatic heterocycles. The van der Waals surface area contributed by atoms with E-state index in [9.17, 15) is 0 Å². The summed E-state index contributed by atoms with van der Waals surface area (Å²) in [6, 6.07) is 14.6. The molecule has 0 saturated carbocycles. The van der Waals surface area contributed by atoms with Crippen molar-refractivity contribution in [3.8, 4) is 0 Å². The highest BCUT2D eigenvalue weighted by atomic mass is 15.4. The van der Waals surface area contributed by atoms with Crippen LogP contribution in [0.15, 0.2) is 65.6 Å². The van der Waals surface area contributed by atoms with E-state index in [0.717, 1.165) is 49.9 Å². The van der Waals surface area contributed by atoms with Crippen molar-refractivity contribution in [1.82, 2.24) is 15.2 Å². The summed E-state index contributed by atoms with van der Waals surface area (Å²) < 4.78 is 0. The van der Waals surface area contributed by atoms with Gasteiger partial charge in [0.25, 0.3) is 0 Å². The van der Waals surface area contributed by atoms with Gasteiger partial charge in [0.15, 0.2) is 5.66 Å². The summed E-state index contributed by atoms with van der Waals surface area (Å²) in [5.74, 6) is 2.28. The Kier molecular flexibility index (Phi) is 8.06. The molecular formula is C27H39N7. The van der Waals surface area contributed by atoms with Crippen LogP contribution in [0, 0.1) is 0 Å². The predicted octanol–water partition coefficient (Wildman–Crippen LogP) is 3.68. The molecule has 2 aliphatic rings. The number of unbranched alkanes of at least 4 members (excludes halogenated alkanes) is 5. The molecule has 7 heteroatoms. The molecule has 0 bridgehead atoms. The molecule has 1 saturated heterocycles. The van der Waals surface area contributed by atoms with Gasteiger partial charge in [-0.15, -0.1) is 0 Å². The fourth-order valence-electron chi connectivity index (χ4n) is 4.67. The average molecular weight is 462 g/mol. The van der Waals surface area contributed by atoms with E-state index in [4.69, 9.17) is 16.5 Å². The van der Waals surface area contributed by atoms with Gasteiger partial charge >= 0.3 is 0 Å². The summed E-state index contributed by atoms with van der Waals surface area (Å²) in [7, 11) is 0. The van der Waals surface area contributed by atoms with Gasteiger partial charge in [0.1, 0.15) is 11.6 Å². The van der Waals surface area contributed by atoms with Gasteiger partial charge in [-0.2, -0.15) is 0 Å². The van der Waals surface area contributed by atoms with Crippen LogP contribution in [0.3, 0.4) is 0 Å². The first-order valence-corrected chi connectivity index (χ1v) is 12.7. The molecule has 0 spiro atoms. The lowest BCUT2D eigenvalue weighted by Gasteiger charge is -2.39. The molecule has 1 atom stereocenters. The highest BCUT2D eigenvalue weighted by Crippen LogP contribution is 2.26. The summed E-state index contributed by atoms with van der Waals surface area (Å²) in [6.45, 7) is 5.64. The van der Waals surface area contributed by atoms with E-state index in [-0.39, 0.29) is 0 Å². The second-order valence-electron chi connectivity index (χ2n) is 9.36. The maximum atomic E-state index is 6.77. The molecule has 1 fully saturated rings. The average Bonchev–Trinajstić information content (AvgIpc) is 2.86. The van der Waals surface area contributed by atoms with Gasteiger partial charge in [-0.05, 0) is 36.1 Å². The van der Waals surface area contributed by atoms with Crippen molar-refractivity contribution in [3.05, 3.63) is 71.7 Å². The lowest BCUT2D eigenvalue weighted by molar-refractivity contribution is 0.364. The Morgan fingerprint density at radius 2 is 1.62 bits per heavy atom. The van der Waals surface area contributed by atoms with E-state index in [2.05, 4.69) is 51.3 Å². The van der Waals surface area contributed by atoms with Crippen molar-refractivity contribution in [3.63, 3.8) is 0 Å². The number of nitrogens with two attached hydrogens (primary N) is 2. The molecule has 0 amide bonds. The summed E-state index contributed by atoms with van der Waals surface area (Å²) in [4.78, 5) is 13.9. The fraction of sp³-hybridized carbons (Fsp3) is 0.481. The first kappa shape index (κ1) is 24.1. The Morgan fingerprint density at radius 1 is 0.912 bits per heavy atom. The molecule has 34 heavy (non-hydrogen) atoms. The Balaban J connectivity index is 1.37. The zero-order chi connectivity index (χ0) is 23.8. The first-order valence-electron chi connectivity index (χ1n) is 12.7. The molecule has 0 aliphatic carbocycles. The first-order chi connectivity index (χ1) is 16.6. The molecule has 3 heterocycles. The van der Waals surface area contributed by atoms with Crippen LogP contribution in [0.25, 0.3) is 0 Å². The maximum absolute atomic E-state index is 6.77. The normalized spacial score (nSPS) is 20.5. The summed E-state index contributed by atoms with van der Waals surface area (Å²) in [5, 5.41) is 3.23. The number of pyridine rings is 1. The second kappa shape index (κ2) is 11.4. The Hall–Kier alpha value is -3.06. The number of piperazine rings is 1. The van der Waals surface area contributed by atoms with Crippen molar-refractivity contribution >= 4 is 11.8 Å². The lowest BCUT2D eigenvalue weighted by Crippen LogP contribution is -2.56. The molecule has 2 aromatic rings. The van der Waals surface area contributed by atoms with Gasteiger partial charge in [-0.1, -0.05) is 69.4 Å². The number of nitrogens with zero attached hydrogens (tertiary/aromatic N) is 4. The molecule has 4 rings (SSSR count). The van der Waals surface area contributed by atoms with E-state index >= 15 is 0 Å². The standard InChI is InChI=1S/C27H39N7/c1-2-3-4-5-6-7-10-22-12-14-23(15-13-22)27(29)21-24(28)31-26(32-27)34-19-17-33(18-20-34)25-11-8-9-16-30-25/h8-9,11-16,21H,2-7,10,17-20,28-29H2,1H3,(H,31,32). The number of guanidine groups is 1. The van der Waals surface area contributed by atoms with E-state index in [1.54, 1.807) is 0 Å². The fourth-order valence-corrected chi connectivity index (χ4v) is 4.67. The van der Waals surface area contributed by atoms with Crippen molar-refractivity contribution in [2.75, 3.05) is 31.1 Å². The van der Waals surface area contributed by atoms with Crippen LogP contribution in [0.5, 0.6) is 0 Å². The molecular weight excluding hydrogens is 422 g/mol. The van der Waals surface area contributed by atoms with Crippen molar-refractivity contribution in [2.45, 2.75) is 57.5 Å². The summed E-state index contributed by atoms with van der Waals surface area (Å²) in [6.07, 6.45) is 12.6. The van der Waals surface area contributed by atoms with E-state index < -0.39 is 5.66 Å². The minimum Gasteiger partial charge on any atom is -0.385 e. The third-order valence-electron chi connectivity index (χ3n) is 6.71. The number of aromatic nitrogens is 1. The SMILES string of the molecule is CCCCCCCCc1ccc(C2(N)C=C(N)NC(N3CCN(c4ccccn4)CC3)=N2)cc1. The quantitative estimate of drug-likeness (QED) is 0.493. The monoisotopic (exact) mass is 461 g/mol. The maximum Gasteiger partial charge on any atom is 0.202 e. The van der Waals surface area contributed by atoms with Gasteiger partial charge < -0.3 is 20.9 Å². The minimum absolute atomic E-state index is 0.538. The zero-order valence-corrected chi connectivity index (χ0v) is 20.4. The Labute approximate surface area is 203 Å². The second-order valence-corrected chi connectivity index (χ2v) is 9.36. The molecule has 1 unspecified atom stereocenters. The van der Waals surface area contributed by atoms with Crippen molar-refractivity contribution < 1.29 is 0 Å². The minimum atomic E-state index is -0.971. The van der Waals surface area contributed by atoms with E-state index in [0.29, 0.717) is 5.82 Å². The Bertz CT molecular complexity index is 962. The van der Waals surface area contributed by atoms with E-state index in [1.807, 2.05) is 30.5 Å². The molecule has 5 N–H and O–H groups in total. The van der Waals surface area contributed by atoms with Crippen LogP contribution in [-0.4, -0.2) is 42.0 Å². The highest BCUT2D eigenvalue weighted by molar-refractivity contribution is 5.83. The Morgan fingerprint density at radius 3 is 2.32 bits per heavy atom. The van der Waals surface area contributed by atoms with Crippen LogP contribution < -0.4 is 21.7 Å². The van der Waals surface area contributed by atoms with Gasteiger partial charge in [-0.25, -0.2) is 9.98 Å². The van der Waals surface area contributed by atoms with E-state index in [1.165, 1.54) is 44.1 Å². The van der Waals surface area contributed by atoms with Crippen molar-refractivity contribution in [2.24, 2.45) is 16.5 Å². The van der Waals surface area contributed by atoms with Gasteiger partial charge in [-0.3, -0.25) is 5.73 Å².